The van der Waals surface area contributed by atoms with Crippen LogP contribution in [0.2, 0.25) is 0 Å². The van der Waals surface area contributed by atoms with Crippen LogP contribution >= 0.6 is 0 Å². The van der Waals surface area contributed by atoms with Gasteiger partial charge < -0.3 is 10.1 Å². The van der Waals surface area contributed by atoms with E-state index in [0.717, 1.165) is 0 Å². The molecule has 4 aromatic rings. The maximum atomic E-state index is 13.1. The van der Waals surface area contributed by atoms with Gasteiger partial charge in [0.2, 0.25) is 0 Å². The summed E-state index contributed by atoms with van der Waals surface area (Å²) >= 11 is 0. The van der Waals surface area contributed by atoms with Crippen molar-refractivity contribution in [3.05, 3.63) is 78.1 Å². The number of aromatic nitrogens is 3. The zero-order valence-corrected chi connectivity index (χ0v) is 15.1. The van der Waals surface area contributed by atoms with Crippen LogP contribution in [-0.2, 0) is 0 Å². The lowest BCUT2D eigenvalue weighted by atomic mass is 10.2. The highest BCUT2D eigenvalue weighted by Gasteiger charge is 2.10. The van der Waals surface area contributed by atoms with E-state index in [-0.39, 0.29) is 11.7 Å². The van der Waals surface area contributed by atoms with Gasteiger partial charge in [-0.15, -0.1) is 10.2 Å². The Morgan fingerprint density at radius 1 is 1.04 bits per heavy atom. The lowest BCUT2D eigenvalue weighted by Crippen LogP contribution is -2.11. The molecule has 0 unspecified atom stereocenters. The second kappa shape index (κ2) is 7.48. The highest BCUT2D eigenvalue weighted by molar-refractivity contribution is 6.05. The van der Waals surface area contributed by atoms with Crippen molar-refractivity contribution in [2.45, 2.75) is 6.92 Å². The Kier molecular flexibility index (Phi) is 4.72. The predicted molar refractivity (Wildman–Crippen MR) is 104 cm³/mol. The van der Waals surface area contributed by atoms with Crippen molar-refractivity contribution < 1.29 is 13.9 Å². The number of hydrogen-bond donors (Lipinski definition) is 1. The number of nitrogens with zero attached hydrogens (tertiary/aromatic N) is 3. The van der Waals surface area contributed by atoms with Crippen LogP contribution in [0.15, 0.2) is 66.7 Å². The summed E-state index contributed by atoms with van der Waals surface area (Å²) in [6.07, 6.45) is 0. The molecule has 0 aliphatic heterocycles. The van der Waals surface area contributed by atoms with Crippen LogP contribution in [-0.4, -0.2) is 27.5 Å². The van der Waals surface area contributed by atoms with Crippen molar-refractivity contribution in [3.8, 4) is 11.4 Å². The summed E-state index contributed by atoms with van der Waals surface area (Å²) < 4.78 is 18.5. The number of amides is 1. The summed E-state index contributed by atoms with van der Waals surface area (Å²) in [4.78, 5) is 14.0. The van der Waals surface area contributed by atoms with Crippen molar-refractivity contribution in [1.29, 1.82) is 0 Å². The fraction of sp³-hybridized carbons (Fsp3) is 0.0952. The Morgan fingerprint density at radius 2 is 1.82 bits per heavy atom. The Bertz CT molecular complexity index is 1140. The predicted octanol–water partition coefficient (Wildman–Crippen LogP) is 4.21. The second-order valence-electron chi connectivity index (χ2n) is 6.08. The molecule has 4 rings (SSSR count). The van der Waals surface area contributed by atoms with Gasteiger partial charge >= 0.3 is 0 Å². The van der Waals surface area contributed by atoms with Crippen molar-refractivity contribution >= 4 is 22.6 Å². The molecule has 0 saturated heterocycles. The van der Waals surface area contributed by atoms with Crippen molar-refractivity contribution in [2.75, 3.05) is 11.9 Å². The maximum Gasteiger partial charge on any atom is 0.255 e. The van der Waals surface area contributed by atoms with Crippen LogP contribution in [0.3, 0.4) is 0 Å². The van der Waals surface area contributed by atoms with Crippen molar-refractivity contribution in [1.82, 2.24) is 15.0 Å². The average molecular weight is 376 g/mol. The number of ether oxygens (including phenoxy) is 1. The molecule has 6 nitrogen and oxygen atoms in total. The van der Waals surface area contributed by atoms with Gasteiger partial charge in [-0.3, -0.25) is 4.79 Å². The SMILES string of the molecule is CCOc1cccc(C(=O)Nc2ccc3nn(-c4ccc(F)cc4)nc3c2)c1. The summed E-state index contributed by atoms with van der Waals surface area (Å²) in [7, 11) is 0. The topological polar surface area (TPSA) is 69.0 Å². The molecule has 1 aromatic heterocycles. The number of nitrogens with one attached hydrogen (secondary N) is 1. The zero-order valence-electron chi connectivity index (χ0n) is 15.1. The van der Waals surface area contributed by atoms with Crippen molar-refractivity contribution in [3.63, 3.8) is 0 Å². The molecule has 28 heavy (non-hydrogen) atoms. The molecule has 0 bridgehead atoms. The first-order valence-corrected chi connectivity index (χ1v) is 8.79. The largest absolute Gasteiger partial charge is 0.494 e. The lowest BCUT2D eigenvalue weighted by Gasteiger charge is -2.07. The first-order chi connectivity index (χ1) is 13.6. The average Bonchev–Trinajstić information content (AvgIpc) is 3.12. The number of rotatable bonds is 5. The molecule has 7 heteroatoms. The molecule has 1 N–H and O–H groups in total. The minimum atomic E-state index is -0.320. The molecule has 0 radical (unpaired) electrons. The first-order valence-electron chi connectivity index (χ1n) is 8.79. The number of carbonyl (C=O) groups excluding carboxylic acids is 1. The monoisotopic (exact) mass is 376 g/mol. The Morgan fingerprint density at radius 3 is 2.61 bits per heavy atom. The van der Waals surface area contributed by atoms with Crippen LogP contribution in [0.4, 0.5) is 10.1 Å². The number of hydrogen-bond acceptors (Lipinski definition) is 4. The molecule has 1 heterocycles. The molecule has 0 fully saturated rings. The van der Waals surface area contributed by atoms with Crippen molar-refractivity contribution in [2.24, 2.45) is 0 Å². The van der Waals surface area contributed by atoms with E-state index in [0.29, 0.717) is 40.3 Å². The molecule has 1 amide bonds. The fourth-order valence-electron chi connectivity index (χ4n) is 2.78. The molecule has 0 saturated carbocycles. The van der Waals surface area contributed by atoms with Crippen LogP contribution < -0.4 is 10.1 Å². The quantitative estimate of drug-likeness (QED) is 0.566. The third-order valence-electron chi connectivity index (χ3n) is 4.10. The van der Waals surface area contributed by atoms with Crippen LogP contribution in [0.25, 0.3) is 16.7 Å². The molecule has 0 aliphatic carbocycles. The lowest BCUT2D eigenvalue weighted by molar-refractivity contribution is 0.102. The van der Waals surface area contributed by atoms with E-state index in [4.69, 9.17) is 4.74 Å². The molecule has 140 valence electrons. The summed E-state index contributed by atoms with van der Waals surface area (Å²) in [5.74, 6) is 0.0820. The highest BCUT2D eigenvalue weighted by atomic mass is 19.1. The molecule has 0 aliphatic rings. The third-order valence-corrected chi connectivity index (χ3v) is 4.10. The van der Waals surface area contributed by atoms with Crippen LogP contribution in [0.1, 0.15) is 17.3 Å². The summed E-state index contributed by atoms with van der Waals surface area (Å²) in [5, 5.41) is 11.6. The van der Waals surface area contributed by atoms with Gasteiger partial charge in [-0.05, 0) is 67.6 Å². The summed E-state index contributed by atoms with van der Waals surface area (Å²) in [6.45, 7) is 2.42. The number of anilines is 1. The molecule has 3 aromatic carbocycles. The third kappa shape index (κ3) is 3.68. The van der Waals surface area contributed by atoms with E-state index in [1.54, 1.807) is 54.6 Å². The van der Waals surface area contributed by atoms with Gasteiger partial charge in [0.15, 0.2) is 0 Å². The van der Waals surface area contributed by atoms with Gasteiger partial charge in [0.1, 0.15) is 22.6 Å². The standard InChI is InChI=1S/C21H17FN4O2/c1-2-28-18-5-3-4-14(12-18)21(27)23-16-8-11-19-20(13-16)25-26(24-19)17-9-6-15(22)7-10-17/h3-13H,2H2,1H3,(H,23,27). The number of halogens is 1. The molecular formula is C21H17FN4O2. The van der Waals surface area contributed by atoms with E-state index in [9.17, 15) is 9.18 Å². The Hall–Kier alpha value is -3.74. The Labute approximate surface area is 160 Å². The van der Waals surface area contributed by atoms with Gasteiger partial charge in [-0.25, -0.2) is 4.39 Å². The summed E-state index contributed by atoms with van der Waals surface area (Å²) in [6, 6.07) is 18.2. The van der Waals surface area contributed by atoms with Gasteiger partial charge in [0.05, 0.1) is 12.3 Å². The summed E-state index contributed by atoms with van der Waals surface area (Å²) in [5.41, 5.74) is 3.04. The van der Waals surface area contributed by atoms with E-state index in [2.05, 4.69) is 15.5 Å². The number of fused-ring (bicyclic) bond motifs is 1. The normalized spacial score (nSPS) is 10.8. The van der Waals surface area contributed by atoms with E-state index >= 15 is 0 Å². The van der Waals surface area contributed by atoms with Gasteiger partial charge in [0, 0.05) is 11.3 Å². The minimum absolute atomic E-state index is 0.244. The van der Waals surface area contributed by atoms with E-state index in [1.165, 1.54) is 16.9 Å². The molecule has 0 spiro atoms. The van der Waals surface area contributed by atoms with Crippen LogP contribution in [0.5, 0.6) is 5.75 Å². The smallest absolute Gasteiger partial charge is 0.255 e. The highest BCUT2D eigenvalue weighted by Crippen LogP contribution is 2.19. The zero-order chi connectivity index (χ0) is 19.5. The van der Waals surface area contributed by atoms with Gasteiger partial charge in [0.25, 0.3) is 5.91 Å². The Balaban J connectivity index is 1.57. The first kappa shape index (κ1) is 17.7. The van der Waals surface area contributed by atoms with Gasteiger partial charge in [-0.2, -0.15) is 4.80 Å². The van der Waals surface area contributed by atoms with E-state index < -0.39 is 0 Å². The minimum Gasteiger partial charge on any atom is -0.494 e. The molecular weight excluding hydrogens is 359 g/mol. The second-order valence-corrected chi connectivity index (χ2v) is 6.08. The number of carbonyl (C=O) groups is 1. The molecule has 0 atom stereocenters. The fourth-order valence-corrected chi connectivity index (χ4v) is 2.78. The number of benzene rings is 3. The van der Waals surface area contributed by atoms with E-state index in [1.807, 2.05) is 6.92 Å². The van der Waals surface area contributed by atoms with Crippen LogP contribution in [0, 0.1) is 5.82 Å². The maximum absolute atomic E-state index is 13.1. The van der Waals surface area contributed by atoms with Gasteiger partial charge in [-0.1, -0.05) is 6.07 Å².